The highest BCUT2D eigenvalue weighted by Crippen LogP contribution is 2.44. The van der Waals surface area contributed by atoms with E-state index in [1.807, 2.05) is 6.07 Å². The van der Waals surface area contributed by atoms with Crippen molar-refractivity contribution < 1.29 is 4.92 Å². The average Bonchev–Trinajstić information content (AvgIpc) is 2.37. The molecule has 1 aromatic carbocycles. The summed E-state index contributed by atoms with van der Waals surface area (Å²) in [7, 11) is 0. The van der Waals surface area contributed by atoms with Crippen molar-refractivity contribution in [1.82, 2.24) is 0 Å². The van der Waals surface area contributed by atoms with E-state index in [-0.39, 0.29) is 16.7 Å². The molecule has 0 saturated heterocycles. The molecule has 0 spiro atoms. The molecule has 1 aromatic rings. The van der Waals surface area contributed by atoms with Gasteiger partial charge in [-0.05, 0) is 36.8 Å². The highest BCUT2D eigenvalue weighted by molar-refractivity contribution is 5.68. The first-order chi connectivity index (χ1) is 9.12. The number of nitro groups is 1. The second-order valence-electron chi connectivity index (χ2n) is 5.13. The lowest BCUT2D eigenvalue weighted by molar-refractivity contribution is -0.384. The molecule has 1 fully saturated rings. The van der Waals surface area contributed by atoms with E-state index in [4.69, 9.17) is 5.26 Å². The summed E-state index contributed by atoms with van der Waals surface area (Å²) in [5.74, 6) is 0. The molecular weight excluding hydrogens is 242 g/mol. The van der Waals surface area contributed by atoms with Gasteiger partial charge in [0.2, 0.25) is 0 Å². The molecule has 0 heterocycles. The fraction of sp³-hybridized carbons (Fsp3) is 0.500. The fourth-order valence-electron chi connectivity index (χ4n) is 2.59. The monoisotopic (exact) mass is 259 g/mol. The number of para-hydroxylation sites is 1. The van der Waals surface area contributed by atoms with Crippen LogP contribution in [0.2, 0.25) is 0 Å². The third-order valence-electron chi connectivity index (χ3n) is 4.16. The predicted molar refractivity (Wildman–Crippen MR) is 72.9 cm³/mol. The number of nitriles is 1. The number of anilines is 1. The summed E-state index contributed by atoms with van der Waals surface area (Å²) in [6.07, 6.45) is 4.64. The molecule has 0 aliphatic heterocycles. The molecule has 2 rings (SSSR count). The molecular formula is C14H17N3O2. The molecule has 1 saturated carbocycles. The zero-order valence-electron chi connectivity index (χ0n) is 11.0. The largest absolute Gasteiger partial charge is 0.379 e. The fourth-order valence-corrected chi connectivity index (χ4v) is 2.59. The van der Waals surface area contributed by atoms with Crippen molar-refractivity contribution in [3.05, 3.63) is 33.9 Å². The van der Waals surface area contributed by atoms with Gasteiger partial charge in [-0.3, -0.25) is 10.1 Å². The summed E-state index contributed by atoms with van der Waals surface area (Å²) in [5.41, 5.74) is 0.713. The zero-order chi connectivity index (χ0) is 13.9. The van der Waals surface area contributed by atoms with E-state index in [0.717, 1.165) is 13.0 Å². The van der Waals surface area contributed by atoms with Crippen LogP contribution in [0.5, 0.6) is 0 Å². The Morgan fingerprint density at radius 1 is 1.53 bits per heavy atom. The lowest BCUT2D eigenvalue weighted by Crippen LogP contribution is -2.36. The molecule has 0 bridgehead atoms. The van der Waals surface area contributed by atoms with Crippen LogP contribution in [-0.2, 0) is 0 Å². The van der Waals surface area contributed by atoms with E-state index in [2.05, 4.69) is 12.2 Å². The Kier molecular flexibility index (Phi) is 3.70. The Morgan fingerprint density at radius 2 is 2.26 bits per heavy atom. The number of nitro benzene ring substituents is 1. The minimum atomic E-state index is -0.486. The molecule has 100 valence electrons. The van der Waals surface area contributed by atoms with Gasteiger partial charge in [0.1, 0.15) is 17.3 Å². The van der Waals surface area contributed by atoms with Crippen LogP contribution in [0.1, 0.15) is 38.2 Å². The molecule has 0 unspecified atom stereocenters. The maximum Gasteiger partial charge on any atom is 0.309 e. The Morgan fingerprint density at radius 3 is 2.74 bits per heavy atom. The molecule has 0 radical (unpaired) electrons. The van der Waals surface area contributed by atoms with Gasteiger partial charge in [-0.1, -0.05) is 19.4 Å². The summed E-state index contributed by atoms with van der Waals surface area (Å²) in [4.78, 5) is 10.6. The summed E-state index contributed by atoms with van der Waals surface area (Å²) in [6.45, 7) is 2.89. The SMILES string of the molecule is CCC1(CNc2cccc(C#N)c2[N+](=O)[O-])CCC1. The Hall–Kier alpha value is -2.09. The molecule has 0 atom stereocenters. The standard InChI is InChI=1S/C14H17N3O2/c1-2-14(7-4-8-14)10-16-12-6-3-5-11(9-15)13(12)17(18)19/h3,5-6,16H,2,4,7-8,10H2,1H3. The maximum absolute atomic E-state index is 11.1. The van der Waals surface area contributed by atoms with Crippen LogP contribution in [0.4, 0.5) is 11.4 Å². The van der Waals surface area contributed by atoms with Crippen molar-refractivity contribution in [3.63, 3.8) is 0 Å². The molecule has 5 heteroatoms. The minimum absolute atomic E-state index is 0.106. The third kappa shape index (κ3) is 2.53. The van der Waals surface area contributed by atoms with Gasteiger partial charge in [0.15, 0.2) is 0 Å². The summed E-state index contributed by atoms with van der Waals surface area (Å²) < 4.78 is 0. The van der Waals surface area contributed by atoms with Gasteiger partial charge in [0.25, 0.3) is 0 Å². The first-order valence-corrected chi connectivity index (χ1v) is 6.53. The second kappa shape index (κ2) is 5.27. The van der Waals surface area contributed by atoms with Crippen molar-refractivity contribution in [2.75, 3.05) is 11.9 Å². The highest BCUT2D eigenvalue weighted by atomic mass is 16.6. The average molecular weight is 259 g/mol. The number of hydrogen-bond donors (Lipinski definition) is 1. The molecule has 0 amide bonds. The van der Waals surface area contributed by atoms with E-state index >= 15 is 0 Å². The molecule has 1 N–H and O–H groups in total. The van der Waals surface area contributed by atoms with Gasteiger partial charge < -0.3 is 5.32 Å². The van der Waals surface area contributed by atoms with E-state index in [0.29, 0.717) is 5.69 Å². The normalized spacial score (nSPS) is 16.2. The predicted octanol–water partition coefficient (Wildman–Crippen LogP) is 3.46. The van der Waals surface area contributed by atoms with Gasteiger partial charge >= 0.3 is 5.69 Å². The molecule has 19 heavy (non-hydrogen) atoms. The van der Waals surface area contributed by atoms with Crippen LogP contribution >= 0.6 is 0 Å². The third-order valence-corrected chi connectivity index (χ3v) is 4.16. The Labute approximate surface area is 112 Å². The van der Waals surface area contributed by atoms with Crippen LogP contribution in [0.3, 0.4) is 0 Å². The van der Waals surface area contributed by atoms with Gasteiger partial charge in [-0.15, -0.1) is 0 Å². The molecule has 0 aromatic heterocycles. The number of nitrogens with one attached hydrogen (secondary N) is 1. The Bertz CT molecular complexity index is 524. The molecule has 5 nitrogen and oxygen atoms in total. The minimum Gasteiger partial charge on any atom is -0.379 e. The van der Waals surface area contributed by atoms with Gasteiger partial charge in [-0.25, -0.2) is 0 Å². The van der Waals surface area contributed by atoms with Crippen LogP contribution in [0, 0.1) is 26.9 Å². The smallest absolute Gasteiger partial charge is 0.309 e. The first kappa shape index (κ1) is 13.3. The van der Waals surface area contributed by atoms with E-state index in [1.165, 1.54) is 25.3 Å². The number of rotatable bonds is 5. The van der Waals surface area contributed by atoms with E-state index < -0.39 is 4.92 Å². The van der Waals surface area contributed by atoms with Crippen LogP contribution in [0.25, 0.3) is 0 Å². The van der Waals surface area contributed by atoms with Crippen LogP contribution < -0.4 is 5.32 Å². The van der Waals surface area contributed by atoms with Gasteiger partial charge in [0, 0.05) is 6.54 Å². The van der Waals surface area contributed by atoms with E-state index in [1.54, 1.807) is 12.1 Å². The van der Waals surface area contributed by atoms with Gasteiger partial charge in [-0.2, -0.15) is 5.26 Å². The number of hydrogen-bond acceptors (Lipinski definition) is 4. The van der Waals surface area contributed by atoms with Crippen LogP contribution in [-0.4, -0.2) is 11.5 Å². The lowest BCUT2D eigenvalue weighted by Gasteiger charge is -2.41. The summed E-state index contributed by atoms with van der Waals surface area (Å²) in [6, 6.07) is 6.69. The quantitative estimate of drug-likeness (QED) is 0.648. The topological polar surface area (TPSA) is 79.0 Å². The second-order valence-corrected chi connectivity index (χ2v) is 5.13. The number of benzene rings is 1. The van der Waals surface area contributed by atoms with Crippen LogP contribution in [0.15, 0.2) is 18.2 Å². The number of nitrogens with zero attached hydrogens (tertiary/aromatic N) is 2. The molecule has 1 aliphatic carbocycles. The highest BCUT2D eigenvalue weighted by Gasteiger charge is 2.35. The van der Waals surface area contributed by atoms with Crippen molar-refractivity contribution in [2.24, 2.45) is 5.41 Å². The van der Waals surface area contributed by atoms with Crippen molar-refractivity contribution in [2.45, 2.75) is 32.6 Å². The van der Waals surface area contributed by atoms with Crippen molar-refractivity contribution in [3.8, 4) is 6.07 Å². The summed E-state index contributed by atoms with van der Waals surface area (Å²) >= 11 is 0. The van der Waals surface area contributed by atoms with E-state index in [9.17, 15) is 10.1 Å². The maximum atomic E-state index is 11.1. The zero-order valence-corrected chi connectivity index (χ0v) is 11.0. The van der Waals surface area contributed by atoms with Gasteiger partial charge in [0.05, 0.1) is 4.92 Å². The first-order valence-electron chi connectivity index (χ1n) is 6.53. The molecule has 1 aliphatic rings. The Balaban J connectivity index is 2.21. The lowest BCUT2D eigenvalue weighted by atomic mass is 9.67. The van der Waals surface area contributed by atoms with Crippen molar-refractivity contribution >= 4 is 11.4 Å². The van der Waals surface area contributed by atoms with Crippen molar-refractivity contribution in [1.29, 1.82) is 5.26 Å². The summed E-state index contributed by atoms with van der Waals surface area (Å²) in [5, 5.41) is 23.2.